The van der Waals surface area contributed by atoms with Gasteiger partial charge in [-0.05, 0) is 35.7 Å². The number of nitrogens with zero attached hydrogens (tertiary/aromatic N) is 2. The van der Waals surface area contributed by atoms with E-state index in [1.807, 2.05) is 30.3 Å². The zero-order valence-electron chi connectivity index (χ0n) is 16.4. The molecule has 4 rings (SSSR count). The molecule has 0 spiro atoms. The number of aromatic nitrogens is 2. The second-order valence-electron chi connectivity index (χ2n) is 7.46. The number of carbonyl (C=O) groups is 3. The Bertz CT molecular complexity index is 1080. The Kier molecular flexibility index (Phi) is 5.58. The van der Waals surface area contributed by atoms with Crippen LogP contribution < -0.4 is 11.1 Å². The van der Waals surface area contributed by atoms with Crippen molar-refractivity contribution < 1.29 is 14.4 Å². The lowest BCUT2D eigenvalue weighted by atomic mass is 10.1. The van der Waals surface area contributed by atoms with Crippen LogP contribution in [0.25, 0.3) is 10.8 Å². The molecule has 8 nitrogen and oxygen atoms in total. The van der Waals surface area contributed by atoms with Crippen LogP contribution in [0.3, 0.4) is 0 Å². The molecule has 1 aliphatic rings. The van der Waals surface area contributed by atoms with Crippen molar-refractivity contribution in [3.05, 3.63) is 66.2 Å². The standard InChI is InChI=1S/C22H23N5O3/c23-18(11-17-12-24-13-25-17)22(30)27-9-3-6-19(27)21(29)26-20(28)16-8-7-14-4-1-2-5-15(14)10-16/h1-2,4-5,7-8,10,12-13,18-19H,3,6,9,11,23H2,(H,24,25)(H,26,28,29)/t18-,19-/m0/s1. The second-order valence-corrected chi connectivity index (χ2v) is 7.46. The van der Waals surface area contributed by atoms with Crippen LogP contribution in [0.15, 0.2) is 55.0 Å². The second kappa shape index (κ2) is 8.46. The molecular weight excluding hydrogens is 382 g/mol. The van der Waals surface area contributed by atoms with Crippen LogP contribution in [-0.4, -0.2) is 51.2 Å². The Morgan fingerprint density at radius 1 is 1.20 bits per heavy atom. The van der Waals surface area contributed by atoms with Crippen molar-refractivity contribution in [2.24, 2.45) is 5.73 Å². The third kappa shape index (κ3) is 4.08. The van der Waals surface area contributed by atoms with Gasteiger partial charge < -0.3 is 15.6 Å². The van der Waals surface area contributed by atoms with Crippen molar-refractivity contribution in [1.82, 2.24) is 20.2 Å². The van der Waals surface area contributed by atoms with Crippen LogP contribution in [-0.2, 0) is 16.0 Å². The Morgan fingerprint density at radius 2 is 2.00 bits per heavy atom. The zero-order chi connectivity index (χ0) is 21.1. The van der Waals surface area contributed by atoms with Crippen molar-refractivity contribution in [3.63, 3.8) is 0 Å². The highest BCUT2D eigenvalue weighted by atomic mass is 16.2. The van der Waals surface area contributed by atoms with E-state index < -0.39 is 23.9 Å². The van der Waals surface area contributed by atoms with Gasteiger partial charge in [0.1, 0.15) is 6.04 Å². The molecule has 0 radical (unpaired) electrons. The number of imidazole rings is 1. The number of fused-ring (bicyclic) bond motifs is 1. The van der Waals surface area contributed by atoms with Crippen LogP contribution in [0, 0.1) is 0 Å². The lowest BCUT2D eigenvalue weighted by molar-refractivity contribution is -0.139. The summed E-state index contributed by atoms with van der Waals surface area (Å²) in [6.07, 6.45) is 4.63. The van der Waals surface area contributed by atoms with Gasteiger partial charge in [-0.1, -0.05) is 30.3 Å². The van der Waals surface area contributed by atoms with Gasteiger partial charge in [0, 0.05) is 30.4 Å². The first-order valence-electron chi connectivity index (χ1n) is 9.90. The van der Waals surface area contributed by atoms with Gasteiger partial charge in [0.25, 0.3) is 5.91 Å². The maximum atomic E-state index is 12.8. The molecule has 3 aromatic rings. The topological polar surface area (TPSA) is 121 Å². The fourth-order valence-electron chi connectivity index (χ4n) is 3.83. The minimum atomic E-state index is -0.782. The third-order valence-electron chi connectivity index (χ3n) is 5.40. The van der Waals surface area contributed by atoms with Gasteiger partial charge in [-0.3, -0.25) is 19.7 Å². The van der Waals surface area contributed by atoms with E-state index in [4.69, 9.17) is 5.73 Å². The van der Waals surface area contributed by atoms with E-state index in [1.54, 1.807) is 18.3 Å². The molecule has 3 amide bonds. The first-order chi connectivity index (χ1) is 14.5. The van der Waals surface area contributed by atoms with E-state index in [0.29, 0.717) is 31.4 Å². The summed E-state index contributed by atoms with van der Waals surface area (Å²) >= 11 is 0. The summed E-state index contributed by atoms with van der Waals surface area (Å²) in [6, 6.07) is 11.5. The normalized spacial score (nSPS) is 17.1. The van der Waals surface area contributed by atoms with Crippen molar-refractivity contribution >= 4 is 28.5 Å². The summed E-state index contributed by atoms with van der Waals surface area (Å²) in [7, 11) is 0. The molecule has 2 atom stereocenters. The molecule has 1 aromatic heterocycles. The van der Waals surface area contributed by atoms with Crippen LogP contribution in [0.1, 0.15) is 28.9 Å². The molecule has 30 heavy (non-hydrogen) atoms. The third-order valence-corrected chi connectivity index (χ3v) is 5.40. The maximum Gasteiger partial charge on any atom is 0.257 e. The summed E-state index contributed by atoms with van der Waals surface area (Å²) < 4.78 is 0. The maximum absolute atomic E-state index is 12.8. The summed E-state index contributed by atoms with van der Waals surface area (Å²) in [5.41, 5.74) is 7.21. The quantitative estimate of drug-likeness (QED) is 0.554. The molecule has 2 heterocycles. The number of likely N-dealkylation sites (tertiary alicyclic amines) is 1. The van der Waals surface area contributed by atoms with Gasteiger partial charge in [-0.25, -0.2) is 4.98 Å². The van der Waals surface area contributed by atoms with Crippen molar-refractivity contribution in [1.29, 1.82) is 0 Å². The molecule has 4 N–H and O–H groups in total. The van der Waals surface area contributed by atoms with E-state index in [0.717, 1.165) is 16.5 Å². The monoisotopic (exact) mass is 405 g/mol. The first kappa shape index (κ1) is 19.8. The minimum absolute atomic E-state index is 0.305. The Morgan fingerprint density at radius 3 is 2.77 bits per heavy atom. The number of hydrogen-bond donors (Lipinski definition) is 3. The molecule has 1 fully saturated rings. The van der Waals surface area contributed by atoms with Crippen molar-refractivity contribution in [2.45, 2.75) is 31.3 Å². The fraction of sp³-hybridized carbons (Fsp3) is 0.273. The average molecular weight is 405 g/mol. The van der Waals surface area contributed by atoms with Gasteiger partial charge in [0.2, 0.25) is 11.8 Å². The molecule has 0 aliphatic carbocycles. The number of carbonyl (C=O) groups excluding carboxylic acids is 3. The van der Waals surface area contributed by atoms with Gasteiger partial charge in [0.15, 0.2) is 0 Å². The molecule has 1 saturated heterocycles. The SMILES string of the molecule is N[C@@H](Cc1cnc[nH]1)C(=O)N1CCC[C@H]1C(=O)NC(=O)c1ccc2ccccc2c1. The predicted octanol–water partition coefficient (Wildman–Crippen LogP) is 1.38. The number of nitrogens with two attached hydrogens (primary N) is 1. The largest absolute Gasteiger partial charge is 0.348 e. The van der Waals surface area contributed by atoms with Gasteiger partial charge >= 0.3 is 0 Å². The lowest BCUT2D eigenvalue weighted by Crippen LogP contribution is -2.52. The molecule has 154 valence electrons. The molecule has 0 bridgehead atoms. The molecular formula is C22H23N5O3. The molecule has 8 heteroatoms. The Hall–Kier alpha value is -3.52. The number of benzene rings is 2. The number of hydrogen-bond acceptors (Lipinski definition) is 5. The number of amides is 3. The number of imide groups is 1. The molecule has 0 unspecified atom stereocenters. The minimum Gasteiger partial charge on any atom is -0.348 e. The van der Waals surface area contributed by atoms with Gasteiger partial charge in [0.05, 0.1) is 12.4 Å². The van der Waals surface area contributed by atoms with E-state index >= 15 is 0 Å². The first-order valence-corrected chi connectivity index (χ1v) is 9.90. The van der Waals surface area contributed by atoms with E-state index in [1.165, 1.54) is 11.2 Å². The summed E-state index contributed by atoms with van der Waals surface area (Å²) in [5.74, 6) is -1.26. The highest BCUT2D eigenvalue weighted by molar-refractivity contribution is 6.08. The highest BCUT2D eigenvalue weighted by Gasteiger charge is 2.36. The van der Waals surface area contributed by atoms with Crippen molar-refractivity contribution in [3.8, 4) is 0 Å². The molecule has 0 saturated carbocycles. The lowest BCUT2D eigenvalue weighted by Gasteiger charge is -2.26. The van der Waals surface area contributed by atoms with Crippen LogP contribution in [0.5, 0.6) is 0 Å². The number of aromatic amines is 1. The van der Waals surface area contributed by atoms with E-state index in [2.05, 4.69) is 15.3 Å². The predicted molar refractivity (Wildman–Crippen MR) is 111 cm³/mol. The highest BCUT2D eigenvalue weighted by Crippen LogP contribution is 2.20. The van der Waals surface area contributed by atoms with E-state index in [-0.39, 0.29) is 5.91 Å². The molecule has 2 aromatic carbocycles. The number of H-pyrrole nitrogens is 1. The Labute approximate surface area is 173 Å². The summed E-state index contributed by atoms with van der Waals surface area (Å²) in [5, 5.41) is 4.37. The van der Waals surface area contributed by atoms with Gasteiger partial charge in [-0.2, -0.15) is 0 Å². The zero-order valence-corrected chi connectivity index (χ0v) is 16.4. The summed E-state index contributed by atoms with van der Waals surface area (Å²) in [4.78, 5) is 46.5. The fourth-order valence-corrected chi connectivity index (χ4v) is 3.83. The van der Waals surface area contributed by atoms with Crippen LogP contribution in [0.4, 0.5) is 0 Å². The Balaban J connectivity index is 1.42. The van der Waals surface area contributed by atoms with Crippen LogP contribution >= 0.6 is 0 Å². The number of rotatable bonds is 5. The van der Waals surface area contributed by atoms with Crippen LogP contribution in [0.2, 0.25) is 0 Å². The van der Waals surface area contributed by atoms with E-state index in [9.17, 15) is 14.4 Å². The van der Waals surface area contributed by atoms with Crippen molar-refractivity contribution in [2.75, 3.05) is 6.54 Å². The van der Waals surface area contributed by atoms with Gasteiger partial charge in [-0.15, -0.1) is 0 Å². The molecule has 1 aliphatic heterocycles. The number of nitrogens with one attached hydrogen (secondary N) is 2. The smallest absolute Gasteiger partial charge is 0.257 e. The summed E-state index contributed by atoms with van der Waals surface area (Å²) in [6.45, 7) is 0.442. The average Bonchev–Trinajstić information content (AvgIpc) is 3.44.